The van der Waals surface area contributed by atoms with E-state index in [2.05, 4.69) is 10.2 Å². The molecule has 0 radical (unpaired) electrons. The van der Waals surface area contributed by atoms with Gasteiger partial charge in [-0.2, -0.15) is 15.0 Å². The van der Waals surface area contributed by atoms with Crippen LogP contribution >= 0.6 is 0 Å². The highest BCUT2D eigenvalue weighted by molar-refractivity contribution is 5.78. The average Bonchev–Trinajstić information content (AvgIpc) is 3.11. The van der Waals surface area contributed by atoms with Crippen LogP contribution in [0.5, 0.6) is 0 Å². The number of carbonyl (C=O) groups excluding carboxylic acids is 2. The van der Waals surface area contributed by atoms with Crippen molar-refractivity contribution >= 4 is 22.8 Å². The molecule has 2 aliphatic heterocycles. The molecule has 150 valence electrons. The summed E-state index contributed by atoms with van der Waals surface area (Å²) < 4.78 is 5.14. The second-order valence-electron chi connectivity index (χ2n) is 7.95. The highest BCUT2D eigenvalue weighted by atomic mass is 16.5. The number of fused-ring (bicyclic) bond motifs is 1. The maximum Gasteiger partial charge on any atom is 0.246 e. The molecule has 1 aromatic carbocycles. The minimum absolute atomic E-state index is 0.00216. The summed E-state index contributed by atoms with van der Waals surface area (Å²) in [5.41, 5.74) is 1.59. The van der Waals surface area contributed by atoms with E-state index in [1.54, 1.807) is 7.11 Å². The molecule has 1 aromatic heterocycles. The molecule has 2 aromatic rings. The zero-order valence-corrected chi connectivity index (χ0v) is 16.3. The number of hydrogen-bond acceptors (Lipinski definition) is 5. The van der Waals surface area contributed by atoms with E-state index in [1.807, 2.05) is 34.1 Å². The van der Waals surface area contributed by atoms with Crippen LogP contribution in [-0.4, -0.2) is 76.5 Å². The normalized spacial score (nSPS) is 23.0. The number of carbonyl (C=O) groups is 2. The fraction of sp³-hybridized carbons (Fsp3) is 0.600. The Kier molecular flexibility index (Phi) is 5.30. The van der Waals surface area contributed by atoms with Crippen LogP contribution in [0.2, 0.25) is 0 Å². The molecule has 2 aliphatic rings. The van der Waals surface area contributed by atoms with E-state index in [0.717, 1.165) is 36.8 Å². The number of likely N-dealkylation sites (tertiary alicyclic amines) is 2. The summed E-state index contributed by atoms with van der Waals surface area (Å²) in [6.07, 6.45) is 3.42. The van der Waals surface area contributed by atoms with Gasteiger partial charge in [-0.05, 0) is 31.4 Å². The molecule has 0 unspecified atom stereocenters. The lowest BCUT2D eigenvalue weighted by molar-refractivity contribution is -0.144. The third-order valence-corrected chi connectivity index (χ3v) is 5.93. The average molecular weight is 385 g/mol. The number of methoxy groups -OCH3 is 1. The van der Waals surface area contributed by atoms with Crippen molar-refractivity contribution in [1.82, 2.24) is 24.8 Å². The Hall–Kier alpha value is -2.48. The van der Waals surface area contributed by atoms with Gasteiger partial charge in [-0.1, -0.05) is 12.1 Å². The predicted molar refractivity (Wildman–Crippen MR) is 103 cm³/mol. The topological polar surface area (TPSA) is 80.6 Å². The number of benzene rings is 1. The van der Waals surface area contributed by atoms with Crippen LogP contribution in [0.4, 0.5) is 0 Å². The molecule has 2 saturated heterocycles. The summed E-state index contributed by atoms with van der Waals surface area (Å²) in [6, 6.07) is 7.62. The Morgan fingerprint density at radius 2 is 1.93 bits per heavy atom. The van der Waals surface area contributed by atoms with Crippen molar-refractivity contribution in [2.24, 2.45) is 5.41 Å². The molecule has 8 nitrogen and oxygen atoms in total. The second-order valence-corrected chi connectivity index (χ2v) is 7.95. The van der Waals surface area contributed by atoms with Gasteiger partial charge in [-0.25, -0.2) is 0 Å². The van der Waals surface area contributed by atoms with Gasteiger partial charge >= 0.3 is 0 Å². The standard InChI is InChI=1S/C20H27N5O3/c1-28-12-11-24-15-20(9-7-18(24)26)8-4-10-23(14-20)19(27)13-25-21-16-5-2-3-6-17(16)22-25/h2-3,5-6H,4,7-15H2,1H3/t20-/m1/s1. The summed E-state index contributed by atoms with van der Waals surface area (Å²) in [7, 11) is 1.65. The maximum atomic E-state index is 12.9. The molecule has 0 bridgehead atoms. The van der Waals surface area contributed by atoms with Crippen LogP contribution in [0.1, 0.15) is 25.7 Å². The van der Waals surface area contributed by atoms with Crippen molar-refractivity contribution in [3.8, 4) is 0 Å². The van der Waals surface area contributed by atoms with Gasteiger partial charge < -0.3 is 14.5 Å². The van der Waals surface area contributed by atoms with E-state index >= 15 is 0 Å². The Bertz CT molecular complexity index is 833. The molecule has 0 saturated carbocycles. The molecule has 0 aliphatic carbocycles. The van der Waals surface area contributed by atoms with E-state index in [1.165, 1.54) is 4.80 Å². The lowest BCUT2D eigenvalue weighted by Gasteiger charge is -2.48. The molecular formula is C20H27N5O3. The molecule has 1 spiro atoms. The van der Waals surface area contributed by atoms with Crippen LogP contribution in [0.3, 0.4) is 0 Å². The summed E-state index contributed by atoms with van der Waals surface area (Å²) >= 11 is 0. The number of aromatic nitrogens is 3. The van der Waals surface area contributed by atoms with Crippen molar-refractivity contribution in [3.63, 3.8) is 0 Å². The largest absolute Gasteiger partial charge is 0.383 e. The maximum absolute atomic E-state index is 12.9. The summed E-state index contributed by atoms with van der Waals surface area (Å²) in [5.74, 6) is 0.235. The van der Waals surface area contributed by atoms with Crippen molar-refractivity contribution in [3.05, 3.63) is 24.3 Å². The molecular weight excluding hydrogens is 358 g/mol. The smallest absolute Gasteiger partial charge is 0.246 e. The van der Waals surface area contributed by atoms with Gasteiger partial charge in [0.1, 0.15) is 17.6 Å². The van der Waals surface area contributed by atoms with E-state index in [9.17, 15) is 9.59 Å². The Morgan fingerprint density at radius 1 is 1.18 bits per heavy atom. The highest BCUT2D eigenvalue weighted by Gasteiger charge is 2.42. The molecule has 28 heavy (non-hydrogen) atoms. The fourth-order valence-corrected chi connectivity index (χ4v) is 4.46. The fourth-order valence-electron chi connectivity index (χ4n) is 4.46. The number of ether oxygens (including phenoxy) is 1. The molecule has 4 rings (SSSR count). The van der Waals surface area contributed by atoms with Crippen molar-refractivity contribution in [2.75, 3.05) is 39.9 Å². The molecule has 3 heterocycles. The van der Waals surface area contributed by atoms with Crippen LogP contribution in [-0.2, 0) is 20.9 Å². The Labute approximate surface area is 164 Å². The first-order valence-corrected chi connectivity index (χ1v) is 9.93. The molecule has 1 atom stereocenters. The van der Waals surface area contributed by atoms with Crippen molar-refractivity contribution in [1.29, 1.82) is 0 Å². The molecule has 8 heteroatoms. The number of rotatable bonds is 5. The lowest BCUT2D eigenvalue weighted by atomic mass is 9.73. The number of hydrogen-bond donors (Lipinski definition) is 0. The van der Waals surface area contributed by atoms with Gasteiger partial charge in [-0.15, -0.1) is 0 Å². The van der Waals surface area contributed by atoms with Gasteiger partial charge in [0.15, 0.2) is 0 Å². The molecule has 0 N–H and O–H groups in total. The SMILES string of the molecule is COCCN1C[C@]2(CCCN(C(=O)Cn3nc4ccccc4n3)C2)CCC1=O. The first kappa shape index (κ1) is 18.9. The third kappa shape index (κ3) is 3.87. The minimum atomic E-state index is -0.00216. The highest BCUT2D eigenvalue weighted by Crippen LogP contribution is 2.38. The quantitative estimate of drug-likeness (QED) is 0.775. The zero-order chi connectivity index (χ0) is 19.6. The third-order valence-electron chi connectivity index (χ3n) is 5.93. The van der Waals surface area contributed by atoms with Crippen molar-refractivity contribution in [2.45, 2.75) is 32.2 Å². The van der Waals surface area contributed by atoms with Gasteiger partial charge in [-0.3, -0.25) is 9.59 Å². The second kappa shape index (κ2) is 7.87. The summed E-state index contributed by atoms with van der Waals surface area (Å²) in [4.78, 5) is 30.5. The number of amides is 2. The Balaban J connectivity index is 1.42. The van der Waals surface area contributed by atoms with Crippen LogP contribution < -0.4 is 0 Å². The number of piperidine rings is 2. The van der Waals surface area contributed by atoms with Gasteiger partial charge in [0.2, 0.25) is 11.8 Å². The minimum Gasteiger partial charge on any atom is -0.383 e. The van der Waals surface area contributed by atoms with Crippen LogP contribution in [0.15, 0.2) is 24.3 Å². The van der Waals surface area contributed by atoms with Gasteiger partial charge in [0.05, 0.1) is 6.61 Å². The lowest BCUT2D eigenvalue weighted by Crippen LogP contribution is -2.55. The number of nitrogens with zero attached hydrogens (tertiary/aromatic N) is 5. The zero-order valence-electron chi connectivity index (χ0n) is 16.3. The van der Waals surface area contributed by atoms with E-state index < -0.39 is 0 Å². The summed E-state index contributed by atoms with van der Waals surface area (Å²) in [5, 5.41) is 8.80. The van der Waals surface area contributed by atoms with E-state index in [4.69, 9.17) is 4.74 Å². The molecule has 2 amide bonds. The van der Waals surface area contributed by atoms with Crippen molar-refractivity contribution < 1.29 is 14.3 Å². The van der Waals surface area contributed by atoms with Crippen LogP contribution in [0, 0.1) is 5.41 Å². The van der Waals surface area contributed by atoms with Crippen LogP contribution in [0.25, 0.3) is 11.0 Å². The van der Waals surface area contributed by atoms with Gasteiger partial charge in [0.25, 0.3) is 0 Å². The summed E-state index contributed by atoms with van der Waals surface area (Å²) in [6.45, 7) is 3.48. The first-order chi connectivity index (χ1) is 13.6. The monoisotopic (exact) mass is 385 g/mol. The predicted octanol–water partition coefficient (Wildman–Crippen LogP) is 1.31. The molecule has 2 fully saturated rings. The Morgan fingerprint density at radius 3 is 2.64 bits per heavy atom. The first-order valence-electron chi connectivity index (χ1n) is 9.93. The van der Waals surface area contributed by atoms with Gasteiger partial charge in [0, 0.05) is 45.1 Å². The van der Waals surface area contributed by atoms with E-state index in [0.29, 0.717) is 32.7 Å². The van der Waals surface area contributed by atoms with E-state index in [-0.39, 0.29) is 23.8 Å².